The molecule has 5 nitrogen and oxygen atoms in total. The van der Waals surface area contributed by atoms with Gasteiger partial charge in [0.2, 0.25) is 0 Å². The second-order valence-corrected chi connectivity index (χ2v) is 6.46. The van der Waals surface area contributed by atoms with Crippen molar-refractivity contribution in [1.82, 2.24) is 15.1 Å². The summed E-state index contributed by atoms with van der Waals surface area (Å²) in [4.78, 5) is 24.8. The van der Waals surface area contributed by atoms with E-state index < -0.39 is 0 Å². The smallest absolute Gasteiger partial charge is 0.272 e. The fraction of sp³-hybridized carbons (Fsp3) is 0.357. The Bertz CT molecular complexity index is 681. The van der Waals surface area contributed by atoms with Crippen molar-refractivity contribution >= 4 is 33.2 Å². The van der Waals surface area contributed by atoms with Gasteiger partial charge in [-0.15, -0.1) is 11.3 Å². The van der Waals surface area contributed by atoms with Crippen LogP contribution >= 0.6 is 27.3 Å². The fourth-order valence-corrected chi connectivity index (χ4v) is 3.13. The molecule has 1 N–H and O–H groups in total. The maximum atomic E-state index is 12.1. The van der Waals surface area contributed by atoms with Crippen LogP contribution in [-0.2, 0) is 13.1 Å². The largest absolute Gasteiger partial charge is 0.346 e. The number of thiophene rings is 1. The standard InChI is InChI=1S/C14H16BrN3O2S/c1-2-3-6-18-13(19)5-4-12(17-18)14(20)16-8-11-7-10(15)9-21-11/h4-5,7,9H,2-3,6,8H2,1H3,(H,16,20). The van der Waals surface area contributed by atoms with E-state index in [1.807, 2.05) is 18.4 Å². The van der Waals surface area contributed by atoms with Gasteiger partial charge in [-0.1, -0.05) is 13.3 Å². The maximum absolute atomic E-state index is 12.1. The Morgan fingerprint density at radius 3 is 2.95 bits per heavy atom. The molecule has 0 radical (unpaired) electrons. The Morgan fingerprint density at radius 2 is 2.29 bits per heavy atom. The molecule has 0 saturated heterocycles. The Balaban J connectivity index is 2.03. The van der Waals surface area contributed by atoms with Crippen molar-refractivity contribution in [3.8, 4) is 0 Å². The van der Waals surface area contributed by atoms with Crippen LogP contribution in [0.5, 0.6) is 0 Å². The Kier molecular flexibility index (Phi) is 5.69. The molecule has 0 aliphatic heterocycles. The number of nitrogens with one attached hydrogen (secondary N) is 1. The minimum Gasteiger partial charge on any atom is -0.346 e. The summed E-state index contributed by atoms with van der Waals surface area (Å²) in [5, 5.41) is 8.88. The van der Waals surface area contributed by atoms with E-state index in [-0.39, 0.29) is 17.2 Å². The number of carbonyl (C=O) groups is 1. The number of hydrogen-bond donors (Lipinski definition) is 1. The Morgan fingerprint density at radius 1 is 1.48 bits per heavy atom. The van der Waals surface area contributed by atoms with Gasteiger partial charge >= 0.3 is 0 Å². The summed E-state index contributed by atoms with van der Waals surface area (Å²) in [7, 11) is 0. The number of carbonyl (C=O) groups excluding carboxylic acids is 1. The molecule has 7 heteroatoms. The van der Waals surface area contributed by atoms with Crippen LogP contribution in [0.25, 0.3) is 0 Å². The highest BCUT2D eigenvalue weighted by atomic mass is 79.9. The van der Waals surface area contributed by atoms with E-state index in [9.17, 15) is 9.59 Å². The summed E-state index contributed by atoms with van der Waals surface area (Å²) < 4.78 is 2.35. The van der Waals surface area contributed by atoms with Crippen LogP contribution in [0.1, 0.15) is 35.1 Å². The van der Waals surface area contributed by atoms with Gasteiger partial charge in [0.05, 0.1) is 6.54 Å². The molecule has 0 unspecified atom stereocenters. The predicted octanol–water partition coefficient (Wildman–Crippen LogP) is 2.80. The molecular formula is C14H16BrN3O2S. The summed E-state index contributed by atoms with van der Waals surface area (Å²) in [6.45, 7) is 3.03. The van der Waals surface area contributed by atoms with Gasteiger partial charge < -0.3 is 5.32 Å². The van der Waals surface area contributed by atoms with Crippen LogP contribution in [0.3, 0.4) is 0 Å². The molecule has 1 amide bonds. The van der Waals surface area contributed by atoms with Crippen molar-refractivity contribution in [2.45, 2.75) is 32.9 Å². The molecule has 112 valence electrons. The van der Waals surface area contributed by atoms with E-state index in [4.69, 9.17) is 0 Å². The molecule has 0 aromatic carbocycles. The molecule has 0 bridgehead atoms. The minimum atomic E-state index is -0.273. The zero-order valence-electron chi connectivity index (χ0n) is 11.6. The van der Waals surface area contributed by atoms with Crippen LogP contribution in [0.15, 0.2) is 32.8 Å². The molecule has 0 aliphatic carbocycles. The predicted molar refractivity (Wildman–Crippen MR) is 86.6 cm³/mol. The number of aromatic nitrogens is 2. The Labute approximate surface area is 135 Å². The summed E-state index contributed by atoms with van der Waals surface area (Å²) in [6, 6.07) is 4.81. The van der Waals surface area contributed by atoms with Gasteiger partial charge in [0.25, 0.3) is 11.5 Å². The lowest BCUT2D eigenvalue weighted by molar-refractivity contribution is 0.0943. The van der Waals surface area contributed by atoms with Crippen LogP contribution in [0.4, 0.5) is 0 Å². The molecular weight excluding hydrogens is 354 g/mol. The SMILES string of the molecule is CCCCn1nc(C(=O)NCc2cc(Br)cs2)ccc1=O. The van der Waals surface area contributed by atoms with E-state index in [2.05, 4.69) is 26.3 Å². The first kappa shape index (κ1) is 15.9. The van der Waals surface area contributed by atoms with E-state index in [0.717, 1.165) is 22.2 Å². The van der Waals surface area contributed by atoms with Gasteiger partial charge in [0.15, 0.2) is 0 Å². The number of hydrogen-bond acceptors (Lipinski definition) is 4. The van der Waals surface area contributed by atoms with Crippen molar-refractivity contribution < 1.29 is 4.79 Å². The highest BCUT2D eigenvalue weighted by molar-refractivity contribution is 9.10. The summed E-state index contributed by atoms with van der Waals surface area (Å²) >= 11 is 4.94. The zero-order chi connectivity index (χ0) is 15.2. The van der Waals surface area contributed by atoms with Crippen LogP contribution in [-0.4, -0.2) is 15.7 Å². The number of rotatable bonds is 6. The van der Waals surface area contributed by atoms with Crippen LogP contribution in [0, 0.1) is 0 Å². The molecule has 2 rings (SSSR count). The third kappa shape index (κ3) is 4.50. The van der Waals surface area contributed by atoms with Crippen LogP contribution in [0.2, 0.25) is 0 Å². The second-order valence-electron chi connectivity index (χ2n) is 4.55. The normalized spacial score (nSPS) is 10.6. The molecule has 21 heavy (non-hydrogen) atoms. The van der Waals surface area contributed by atoms with E-state index >= 15 is 0 Å². The molecule has 2 heterocycles. The average Bonchev–Trinajstić information content (AvgIpc) is 2.89. The van der Waals surface area contributed by atoms with Gasteiger partial charge in [-0.25, -0.2) is 4.68 Å². The molecule has 0 saturated carbocycles. The van der Waals surface area contributed by atoms with Gasteiger partial charge in [0, 0.05) is 27.3 Å². The van der Waals surface area contributed by atoms with Crippen molar-refractivity contribution in [1.29, 1.82) is 0 Å². The van der Waals surface area contributed by atoms with Crippen molar-refractivity contribution in [2.24, 2.45) is 0 Å². The average molecular weight is 370 g/mol. The number of unbranched alkanes of at least 4 members (excludes halogenated alkanes) is 1. The first-order valence-corrected chi connectivity index (χ1v) is 8.36. The first-order valence-electron chi connectivity index (χ1n) is 6.69. The molecule has 0 aliphatic rings. The topological polar surface area (TPSA) is 64.0 Å². The van der Waals surface area contributed by atoms with Gasteiger partial charge in [-0.3, -0.25) is 9.59 Å². The zero-order valence-corrected chi connectivity index (χ0v) is 14.0. The van der Waals surface area contributed by atoms with Gasteiger partial charge in [-0.05, 0) is 34.5 Å². The quantitative estimate of drug-likeness (QED) is 0.851. The number of amides is 1. The van der Waals surface area contributed by atoms with E-state index in [0.29, 0.717) is 13.1 Å². The Hall–Kier alpha value is -1.47. The van der Waals surface area contributed by atoms with E-state index in [1.165, 1.54) is 16.8 Å². The highest BCUT2D eigenvalue weighted by Crippen LogP contribution is 2.19. The van der Waals surface area contributed by atoms with E-state index in [1.54, 1.807) is 11.3 Å². The molecule has 2 aromatic rings. The van der Waals surface area contributed by atoms with Gasteiger partial charge in [-0.2, -0.15) is 5.10 Å². The minimum absolute atomic E-state index is 0.179. The highest BCUT2D eigenvalue weighted by Gasteiger charge is 2.09. The summed E-state index contributed by atoms with van der Waals surface area (Å²) in [6.07, 6.45) is 1.83. The van der Waals surface area contributed by atoms with Crippen molar-refractivity contribution in [3.05, 3.63) is 49.0 Å². The third-order valence-corrected chi connectivity index (χ3v) is 4.57. The number of nitrogens with zero attached hydrogens (tertiary/aromatic N) is 2. The summed E-state index contributed by atoms with van der Waals surface area (Å²) in [5.74, 6) is -0.273. The number of aryl methyl sites for hydroxylation is 1. The second kappa shape index (κ2) is 7.51. The number of halogens is 1. The van der Waals surface area contributed by atoms with Crippen molar-refractivity contribution in [3.63, 3.8) is 0 Å². The monoisotopic (exact) mass is 369 g/mol. The molecule has 2 aromatic heterocycles. The van der Waals surface area contributed by atoms with Gasteiger partial charge in [0.1, 0.15) is 5.69 Å². The third-order valence-electron chi connectivity index (χ3n) is 2.87. The van der Waals surface area contributed by atoms with Crippen LogP contribution < -0.4 is 10.9 Å². The maximum Gasteiger partial charge on any atom is 0.272 e. The summed E-state index contributed by atoms with van der Waals surface area (Å²) in [5.41, 5.74) is 0.0866. The lowest BCUT2D eigenvalue weighted by Gasteiger charge is -2.06. The lowest BCUT2D eigenvalue weighted by atomic mass is 10.3. The first-order chi connectivity index (χ1) is 10.1. The van der Waals surface area contributed by atoms with Crippen molar-refractivity contribution in [2.75, 3.05) is 0 Å². The molecule has 0 atom stereocenters. The fourth-order valence-electron chi connectivity index (χ4n) is 1.74. The molecule has 0 spiro atoms. The lowest BCUT2D eigenvalue weighted by Crippen LogP contribution is -2.29. The molecule has 0 fully saturated rings.